The monoisotopic (exact) mass is 413 g/mol. The molecule has 30 heavy (non-hydrogen) atoms. The molecule has 2 atom stereocenters. The fraction of sp³-hybridized carbons (Fsp3) is 0.364. The van der Waals surface area contributed by atoms with Crippen LogP contribution < -0.4 is 15.0 Å². The molecule has 0 aliphatic carbocycles. The molecule has 0 unspecified atom stereocenters. The van der Waals surface area contributed by atoms with Crippen molar-refractivity contribution in [1.82, 2.24) is 10.2 Å². The summed E-state index contributed by atoms with van der Waals surface area (Å²) >= 11 is 0. The Labute approximate surface area is 175 Å². The van der Waals surface area contributed by atoms with E-state index in [1.807, 2.05) is 18.2 Å². The lowest BCUT2D eigenvalue weighted by molar-refractivity contribution is 0.0693. The third-order valence-electron chi connectivity index (χ3n) is 5.85. The summed E-state index contributed by atoms with van der Waals surface area (Å²) in [5, 5.41) is 19.8. The number of likely N-dealkylation sites (tertiary alicyclic amines) is 1. The third kappa shape index (κ3) is 3.78. The van der Waals surface area contributed by atoms with Gasteiger partial charge in [0.25, 0.3) is 0 Å². The first-order valence-corrected chi connectivity index (χ1v) is 9.67. The molecule has 4 rings (SSSR count). The Bertz CT molecular complexity index is 964. The summed E-state index contributed by atoms with van der Waals surface area (Å²) in [5.74, 6) is -0.707. The van der Waals surface area contributed by atoms with Crippen LogP contribution in [-0.2, 0) is 5.41 Å². The molecule has 3 N–H and O–H groups in total. The standard InChI is InChI=1S/C15H21N3O2.C7H6O3/c1-15-7-8-17(3)13(15)18(4)12-6-5-10(9-11(12)15)20-14(19)16-2;8-6-4-2-1-3-5(6)7(9)10/h5-6,9,13H,7-8H2,1-4H3,(H,16,19);1-4,8H,(H,9,10)/t13-,15+;/m0./s1. The smallest absolute Gasteiger partial charge is 0.412 e. The van der Waals surface area contributed by atoms with Crippen LogP contribution in [0.15, 0.2) is 42.5 Å². The third-order valence-corrected chi connectivity index (χ3v) is 5.85. The van der Waals surface area contributed by atoms with Crippen molar-refractivity contribution in [2.75, 3.05) is 32.6 Å². The highest BCUT2D eigenvalue weighted by Gasteiger charge is 2.52. The van der Waals surface area contributed by atoms with Gasteiger partial charge in [-0.2, -0.15) is 0 Å². The van der Waals surface area contributed by atoms with Gasteiger partial charge in [-0.05, 0) is 49.4 Å². The Balaban J connectivity index is 0.000000216. The van der Waals surface area contributed by atoms with Gasteiger partial charge in [-0.1, -0.05) is 19.1 Å². The molecule has 1 fully saturated rings. The highest BCUT2D eigenvalue weighted by atomic mass is 16.5. The second kappa shape index (κ2) is 8.23. The second-order valence-corrected chi connectivity index (χ2v) is 7.77. The minimum Gasteiger partial charge on any atom is -0.507 e. The first kappa shape index (κ1) is 21.4. The van der Waals surface area contributed by atoms with Gasteiger partial charge in [0.1, 0.15) is 17.1 Å². The number of aromatic carboxylic acids is 1. The number of carbonyl (C=O) groups is 2. The Morgan fingerprint density at radius 1 is 1.20 bits per heavy atom. The number of phenols is 1. The molecule has 0 spiro atoms. The number of nitrogens with one attached hydrogen (secondary N) is 1. The molecule has 2 aliphatic rings. The van der Waals surface area contributed by atoms with E-state index in [1.165, 1.54) is 23.4 Å². The van der Waals surface area contributed by atoms with Crippen LogP contribution in [0.25, 0.3) is 0 Å². The van der Waals surface area contributed by atoms with E-state index in [2.05, 4.69) is 36.1 Å². The maximum atomic E-state index is 11.4. The van der Waals surface area contributed by atoms with Crippen molar-refractivity contribution < 1.29 is 24.5 Å². The van der Waals surface area contributed by atoms with Gasteiger partial charge in [-0.15, -0.1) is 0 Å². The molecular weight excluding hydrogens is 386 g/mol. The molecule has 8 nitrogen and oxygen atoms in total. The van der Waals surface area contributed by atoms with Crippen molar-refractivity contribution in [3.8, 4) is 11.5 Å². The molecule has 0 saturated carbocycles. The molecule has 8 heteroatoms. The van der Waals surface area contributed by atoms with Crippen molar-refractivity contribution in [2.24, 2.45) is 0 Å². The first-order chi connectivity index (χ1) is 14.2. The number of rotatable bonds is 2. The van der Waals surface area contributed by atoms with Crippen molar-refractivity contribution in [2.45, 2.75) is 24.9 Å². The molecule has 1 amide bonds. The van der Waals surface area contributed by atoms with E-state index < -0.39 is 12.1 Å². The SMILES string of the molecule is CNC(=O)Oc1ccc2c(c1)[C@@]1(C)CCN(C)[C@H]1N2C.O=C(O)c1ccccc1O. The molecule has 2 aliphatic heterocycles. The summed E-state index contributed by atoms with van der Waals surface area (Å²) in [6, 6.07) is 11.7. The molecule has 0 bridgehead atoms. The van der Waals surface area contributed by atoms with Gasteiger partial charge in [-0.3, -0.25) is 4.90 Å². The van der Waals surface area contributed by atoms with E-state index in [0.29, 0.717) is 11.9 Å². The topological polar surface area (TPSA) is 102 Å². The number of carbonyl (C=O) groups excluding carboxylic acids is 1. The minimum absolute atomic E-state index is 0.0671. The van der Waals surface area contributed by atoms with Crippen LogP contribution in [0.2, 0.25) is 0 Å². The quantitative estimate of drug-likeness (QED) is 0.696. The number of benzene rings is 2. The number of carboxylic acids is 1. The number of ether oxygens (including phenoxy) is 1. The lowest BCUT2D eigenvalue weighted by Crippen LogP contribution is -2.45. The maximum absolute atomic E-state index is 11.4. The molecule has 0 radical (unpaired) electrons. The summed E-state index contributed by atoms with van der Waals surface area (Å²) < 4.78 is 5.26. The predicted molar refractivity (Wildman–Crippen MR) is 113 cm³/mol. The number of nitrogens with zero attached hydrogens (tertiary/aromatic N) is 2. The zero-order chi connectivity index (χ0) is 22.1. The van der Waals surface area contributed by atoms with Gasteiger partial charge in [-0.25, -0.2) is 9.59 Å². The van der Waals surface area contributed by atoms with Crippen molar-refractivity contribution in [1.29, 1.82) is 0 Å². The lowest BCUT2D eigenvalue weighted by Gasteiger charge is -2.32. The summed E-state index contributed by atoms with van der Waals surface area (Å²) in [7, 11) is 5.86. The van der Waals surface area contributed by atoms with Crippen molar-refractivity contribution in [3.05, 3.63) is 53.6 Å². The van der Waals surface area contributed by atoms with Crippen LogP contribution in [0.1, 0.15) is 29.3 Å². The van der Waals surface area contributed by atoms with Crippen LogP contribution in [0, 0.1) is 0 Å². The maximum Gasteiger partial charge on any atom is 0.412 e. The number of para-hydroxylation sites is 1. The number of carboxylic acid groups (broad SMARTS) is 1. The highest BCUT2D eigenvalue weighted by molar-refractivity contribution is 5.90. The average molecular weight is 413 g/mol. The molecule has 160 valence electrons. The van der Waals surface area contributed by atoms with Gasteiger partial charge >= 0.3 is 12.1 Å². The largest absolute Gasteiger partial charge is 0.507 e. The van der Waals surface area contributed by atoms with Crippen LogP contribution in [-0.4, -0.2) is 61.0 Å². The fourth-order valence-electron chi connectivity index (χ4n) is 4.43. The summed E-state index contributed by atoms with van der Waals surface area (Å²) in [6.45, 7) is 3.39. The lowest BCUT2D eigenvalue weighted by atomic mass is 9.81. The Morgan fingerprint density at radius 3 is 2.50 bits per heavy atom. The van der Waals surface area contributed by atoms with Gasteiger partial charge in [0.05, 0.1) is 6.17 Å². The van der Waals surface area contributed by atoms with Gasteiger partial charge in [0.15, 0.2) is 0 Å². The first-order valence-electron chi connectivity index (χ1n) is 9.67. The molecule has 0 aromatic heterocycles. The Morgan fingerprint density at radius 2 is 1.90 bits per heavy atom. The van der Waals surface area contributed by atoms with Gasteiger partial charge in [0.2, 0.25) is 0 Å². The molecule has 1 saturated heterocycles. The molecule has 2 aromatic carbocycles. The van der Waals surface area contributed by atoms with Crippen molar-refractivity contribution >= 4 is 17.7 Å². The predicted octanol–water partition coefficient (Wildman–Crippen LogP) is 2.86. The van der Waals surface area contributed by atoms with Crippen LogP contribution in [0.3, 0.4) is 0 Å². The fourth-order valence-corrected chi connectivity index (χ4v) is 4.43. The number of amides is 1. The van der Waals surface area contributed by atoms with Crippen LogP contribution in [0.4, 0.5) is 10.5 Å². The summed E-state index contributed by atoms with van der Waals surface area (Å²) in [6.07, 6.45) is 1.07. The molecule has 2 heterocycles. The zero-order valence-electron chi connectivity index (χ0n) is 17.5. The van der Waals surface area contributed by atoms with Crippen LogP contribution >= 0.6 is 0 Å². The average Bonchev–Trinajstić information content (AvgIpc) is 3.14. The zero-order valence-corrected chi connectivity index (χ0v) is 17.5. The van der Waals surface area contributed by atoms with E-state index in [0.717, 1.165) is 13.0 Å². The van der Waals surface area contributed by atoms with E-state index in [-0.39, 0.29) is 16.7 Å². The van der Waals surface area contributed by atoms with E-state index in [9.17, 15) is 9.59 Å². The van der Waals surface area contributed by atoms with E-state index in [1.54, 1.807) is 19.2 Å². The number of hydrogen-bond donors (Lipinski definition) is 3. The van der Waals surface area contributed by atoms with Crippen LogP contribution in [0.5, 0.6) is 11.5 Å². The Hall–Kier alpha value is -3.26. The number of aromatic hydroxyl groups is 1. The number of anilines is 1. The van der Waals surface area contributed by atoms with E-state index in [4.69, 9.17) is 14.9 Å². The summed E-state index contributed by atoms with van der Waals surface area (Å²) in [4.78, 5) is 26.3. The molecule has 2 aromatic rings. The summed E-state index contributed by atoms with van der Waals surface area (Å²) in [5.41, 5.74) is 2.53. The van der Waals surface area contributed by atoms with E-state index >= 15 is 0 Å². The van der Waals surface area contributed by atoms with Gasteiger partial charge in [0, 0.05) is 31.7 Å². The van der Waals surface area contributed by atoms with Gasteiger partial charge < -0.3 is 25.2 Å². The normalized spacial score (nSPS) is 21.9. The second-order valence-electron chi connectivity index (χ2n) is 7.77. The number of fused-ring (bicyclic) bond motifs is 3. The Kier molecular flexibility index (Phi) is 5.89. The number of hydrogen-bond acceptors (Lipinski definition) is 6. The number of likely N-dealkylation sites (N-methyl/N-ethyl adjacent to an activating group) is 2. The molecular formula is C22H27N3O5. The highest BCUT2D eigenvalue weighted by Crippen LogP contribution is 2.51. The minimum atomic E-state index is -1.11. The van der Waals surface area contributed by atoms with Crippen molar-refractivity contribution in [3.63, 3.8) is 0 Å².